The van der Waals surface area contributed by atoms with Gasteiger partial charge in [-0.05, 0) is 77.9 Å². The predicted octanol–water partition coefficient (Wildman–Crippen LogP) is 9.17. The van der Waals surface area contributed by atoms with Crippen LogP contribution < -0.4 is 14.5 Å². The number of aromatic amines is 1. The minimum Gasteiger partial charge on any atom is -0.497 e. The first kappa shape index (κ1) is 25.6. The zero-order chi connectivity index (χ0) is 27.1. The van der Waals surface area contributed by atoms with Crippen LogP contribution in [0.15, 0.2) is 90.0 Å². The van der Waals surface area contributed by atoms with Crippen molar-refractivity contribution in [2.24, 2.45) is 5.10 Å². The largest absolute Gasteiger partial charge is 0.497 e. The van der Waals surface area contributed by atoms with Gasteiger partial charge in [-0.15, -0.1) is 0 Å². The van der Waals surface area contributed by atoms with Crippen molar-refractivity contribution >= 4 is 57.1 Å². The summed E-state index contributed by atoms with van der Waals surface area (Å²) in [4.78, 5) is 3.65. The molecule has 1 aromatic heterocycles. The number of hydrogen-bond donors (Lipinski definition) is 1. The highest BCUT2D eigenvalue weighted by molar-refractivity contribution is 6.42. The molecular weight excluding hydrogens is 553 g/mol. The van der Waals surface area contributed by atoms with Gasteiger partial charge < -0.3 is 14.5 Å². The lowest BCUT2D eigenvalue weighted by molar-refractivity contribution is 0.414. The Morgan fingerprint density at radius 2 is 1.38 bits per heavy atom. The molecule has 39 heavy (non-hydrogen) atoms. The Morgan fingerprint density at radius 3 is 2.00 bits per heavy atom. The zero-order valence-electron chi connectivity index (χ0n) is 21.2. The lowest BCUT2D eigenvalue weighted by Gasteiger charge is -2.26. The lowest BCUT2D eigenvalue weighted by Crippen LogP contribution is -2.20. The molecule has 0 bridgehead atoms. The molecule has 0 saturated carbocycles. The molecule has 1 atom stereocenters. The Hall–Kier alpha value is -3.64. The van der Waals surface area contributed by atoms with E-state index in [9.17, 15) is 0 Å². The van der Waals surface area contributed by atoms with Gasteiger partial charge in [-0.3, -0.25) is 5.01 Å². The third-order valence-electron chi connectivity index (χ3n) is 7.00. The van der Waals surface area contributed by atoms with Gasteiger partial charge in [0.2, 0.25) is 0 Å². The van der Waals surface area contributed by atoms with Crippen molar-refractivity contribution < 1.29 is 9.47 Å². The Kier molecular flexibility index (Phi) is 6.90. The highest BCUT2D eigenvalue weighted by Gasteiger charge is 2.36. The average Bonchev–Trinajstić information content (AvgIpc) is 3.54. The number of hydrogen-bond acceptors (Lipinski definition) is 4. The van der Waals surface area contributed by atoms with Gasteiger partial charge in [0.05, 0.1) is 47.4 Å². The lowest BCUT2D eigenvalue weighted by atomic mass is 9.93. The van der Waals surface area contributed by atoms with E-state index in [0.717, 1.165) is 50.5 Å². The van der Waals surface area contributed by atoms with Crippen molar-refractivity contribution in [3.8, 4) is 22.8 Å². The van der Waals surface area contributed by atoms with Crippen LogP contribution in [0.5, 0.6) is 11.5 Å². The Bertz CT molecular complexity index is 1670. The molecule has 2 heterocycles. The van der Waals surface area contributed by atoms with Crippen LogP contribution in [-0.4, -0.2) is 24.9 Å². The van der Waals surface area contributed by atoms with Gasteiger partial charge in [-0.1, -0.05) is 53.0 Å². The Labute approximate surface area is 241 Å². The van der Waals surface area contributed by atoms with Crippen molar-refractivity contribution in [3.05, 3.63) is 111 Å². The van der Waals surface area contributed by atoms with Crippen LogP contribution in [0.2, 0.25) is 15.1 Å². The molecule has 1 aliphatic rings. The van der Waals surface area contributed by atoms with Gasteiger partial charge in [0.15, 0.2) is 0 Å². The van der Waals surface area contributed by atoms with Crippen LogP contribution in [0.1, 0.15) is 23.6 Å². The molecular formula is C31H24Cl3N3O2. The standard InChI is InChI=1S/C31H24Cl3N3O2/c1-38-21-11-7-18(8-12-21)27-17-28(37(36-27)31-24(33)15-20(32)16-25(31)34)29-23-5-3-4-6-26(23)35-30(29)19-9-13-22(39-2)14-10-19/h3-16,28,35H,17H2,1-2H3. The number of ether oxygens (including phenoxy) is 2. The monoisotopic (exact) mass is 575 g/mol. The molecule has 0 radical (unpaired) electrons. The summed E-state index contributed by atoms with van der Waals surface area (Å²) < 4.78 is 10.8. The van der Waals surface area contributed by atoms with E-state index in [0.29, 0.717) is 27.2 Å². The van der Waals surface area contributed by atoms with E-state index in [4.69, 9.17) is 49.4 Å². The van der Waals surface area contributed by atoms with E-state index in [2.05, 4.69) is 29.2 Å². The SMILES string of the molecule is COc1ccc(C2=NN(c3c(Cl)cc(Cl)cc3Cl)C(c3c(-c4ccc(OC)cc4)[nH]c4ccccc34)C2)cc1. The van der Waals surface area contributed by atoms with Gasteiger partial charge >= 0.3 is 0 Å². The van der Waals surface area contributed by atoms with Gasteiger partial charge in [0.1, 0.15) is 11.5 Å². The van der Waals surface area contributed by atoms with E-state index in [1.165, 1.54) is 0 Å². The summed E-state index contributed by atoms with van der Waals surface area (Å²) in [6.45, 7) is 0. The first-order valence-electron chi connectivity index (χ1n) is 12.4. The number of H-pyrrole nitrogens is 1. The number of benzene rings is 4. The van der Waals surface area contributed by atoms with Crippen LogP contribution in [0.4, 0.5) is 5.69 Å². The molecule has 1 N–H and O–H groups in total. The molecule has 0 aliphatic carbocycles. The van der Waals surface area contributed by atoms with Crippen LogP contribution >= 0.6 is 34.8 Å². The Balaban J connectivity index is 1.55. The number of hydrazone groups is 1. The third-order valence-corrected chi connectivity index (χ3v) is 7.80. The number of aromatic nitrogens is 1. The van der Waals surface area contributed by atoms with Gasteiger partial charge in [0.25, 0.3) is 0 Å². The van der Waals surface area contributed by atoms with Gasteiger partial charge in [-0.25, -0.2) is 0 Å². The van der Waals surface area contributed by atoms with Crippen molar-refractivity contribution in [2.75, 3.05) is 19.2 Å². The molecule has 1 aliphatic heterocycles. The fraction of sp³-hybridized carbons (Fsp3) is 0.129. The number of nitrogens with one attached hydrogen (secondary N) is 1. The molecule has 196 valence electrons. The number of anilines is 1. The maximum atomic E-state index is 6.77. The summed E-state index contributed by atoms with van der Waals surface area (Å²) in [6.07, 6.45) is 0.632. The minimum atomic E-state index is -0.202. The van der Waals surface area contributed by atoms with Crippen molar-refractivity contribution in [3.63, 3.8) is 0 Å². The van der Waals surface area contributed by atoms with E-state index >= 15 is 0 Å². The van der Waals surface area contributed by atoms with E-state index in [1.807, 2.05) is 53.5 Å². The van der Waals surface area contributed by atoms with Crippen LogP contribution in [-0.2, 0) is 0 Å². The topological polar surface area (TPSA) is 49.9 Å². The molecule has 4 aromatic carbocycles. The average molecular weight is 577 g/mol. The molecule has 0 spiro atoms. The molecule has 5 nitrogen and oxygen atoms in total. The van der Waals surface area contributed by atoms with Crippen molar-refractivity contribution in [1.82, 2.24) is 4.98 Å². The van der Waals surface area contributed by atoms with Gasteiger partial charge in [-0.2, -0.15) is 5.10 Å². The second-order valence-electron chi connectivity index (χ2n) is 9.25. The highest BCUT2D eigenvalue weighted by atomic mass is 35.5. The Morgan fingerprint density at radius 1 is 0.795 bits per heavy atom. The van der Waals surface area contributed by atoms with Gasteiger partial charge in [0, 0.05) is 27.9 Å². The summed E-state index contributed by atoms with van der Waals surface area (Å²) in [6, 6.07) is 27.4. The number of methoxy groups -OCH3 is 2. The number of fused-ring (bicyclic) bond motifs is 1. The van der Waals surface area contributed by atoms with E-state index < -0.39 is 0 Å². The third kappa shape index (κ3) is 4.71. The number of nitrogens with zero attached hydrogens (tertiary/aromatic N) is 2. The minimum absolute atomic E-state index is 0.202. The van der Waals surface area contributed by atoms with Crippen LogP contribution in [0, 0.1) is 0 Å². The molecule has 5 aromatic rings. The summed E-state index contributed by atoms with van der Waals surface area (Å²) in [5.74, 6) is 1.58. The fourth-order valence-electron chi connectivity index (χ4n) is 5.15. The molecule has 1 unspecified atom stereocenters. The summed E-state index contributed by atoms with van der Waals surface area (Å²) in [7, 11) is 3.32. The van der Waals surface area contributed by atoms with E-state index in [1.54, 1.807) is 26.4 Å². The quantitative estimate of drug-likeness (QED) is 0.219. The molecule has 0 amide bonds. The first-order chi connectivity index (χ1) is 19.0. The summed E-state index contributed by atoms with van der Waals surface area (Å²) >= 11 is 19.8. The summed E-state index contributed by atoms with van der Waals surface area (Å²) in [5, 5.41) is 9.48. The van der Waals surface area contributed by atoms with Crippen LogP contribution in [0.25, 0.3) is 22.2 Å². The number of halogens is 3. The molecule has 6 rings (SSSR count). The maximum absolute atomic E-state index is 6.77. The fourth-order valence-corrected chi connectivity index (χ4v) is 6.14. The van der Waals surface area contributed by atoms with Crippen molar-refractivity contribution in [2.45, 2.75) is 12.5 Å². The van der Waals surface area contributed by atoms with Crippen LogP contribution in [0.3, 0.4) is 0 Å². The predicted molar refractivity (Wildman–Crippen MR) is 161 cm³/mol. The normalized spacial score (nSPS) is 15.1. The number of rotatable bonds is 6. The number of para-hydroxylation sites is 1. The van der Waals surface area contributed by atoms with E-state index in [-0.39, 0.29) is 6.04 Å². The first-order valence-corrected chi connectivity index (χ1v) is 13.5. The molecule has 0 fully saturated rings. The summed E-state index contributed by atoms with van der Waals surface area (Å²) in [5.41, 5.74) is 6.69. The molecule has 0 saturated heterocycles. The molecule has 8 heteroatoms. The zero-order valence-corrected chi connectivity index (χ0v) is 23.5. The highest BCUT2D eigenvalue weighted by Crippen LogP contribution is 2.48. The second-order valence-corrected chi connectivity index (χ2v) is 10.5. The smallest absolute Gasteiger partial charge is 0.118 e. The van der Waals surface area contributed by atoms with Crippen molar-refractivity contribution in [1.29, 1.82) is 0 Å². The second kappa shape index (κ2) is 10.5. The maximum Gasteiger partial charge on any atom is 0.118 e.